The lowest BCUT2D eigenvalue weighted by molar-refractivity contribution is 0.374. The lowest BCUT2D eigenvalue weighted by Gasteiger charge is -2.36. The van der Waals surface area contributed by atoms with Crippen LogP contribution in [0.15, 0.2) is 22.5 Å². The van der Waals surface area contributed by atoms with Crippen molar-refractivity contribution in [2.24, 2.45) is 4.99 Å². The van der Waals surface area contributed by atoms with E-state index in [1.165, 1.54) is 5.00 Å². The summed E-state index contributed by atoms with van der Waals surface area (Å²) in [4.78, 5) is 9.08. The molecule has 0 saturated carbocycles. The van der Waals surface area contributed by atoms with E-state index in [1.807, 2.05) is 18.4 Å². The molecule has 0 radical (unpaired) electrons. The third-order valence-corrected chi connectivity index (χ3v) is 3.87. The van der Waals surface area contributed by atoms with Gasteiger partial charge >= 0.3 is 0 Å². The van der Waals surface area contributed by atoms with Crippen molar-refractivity contribution in [3.63, 3.8) is 0 Å². The maximum Gasteiger partial charge on any atom is 0.193 e. The van der Waals surface area contributed by atoms with E-state index in [9.17, 15) is 0 Å². The minimum absolute atomic E-state index is 0.928. The Kier molecular flexibility index (Phi) is 4.25. The molecule has 4 nitrogen and oxygen atoms in total. The van der Waals surface area contributed by atoms with Crippen LogP contribution in [0.25, 0.3) is 0 Å². The van der Waals surface area contributed by atoms with E-state index in [0.29, 0.717) is 0 Å². The molecular formula is C12H20N4S. The first kappa shape index (κ1) is 12.2. The van der Waals surface area contributed by atoms with Crippen molar-refractivity contribution in [1.29, 1.82) is 0 Å². The van der Waals surface area contributed by atoms with E-state index >= 15 is 0 Å². The van der Waals surface area contributed by atoms with Gasteiger partial charge in [-0.2, -0.15) is 0 Å². The fourth-order valence-corrected chi connectivity index (χ4v) is 2.86. The van der Waals surface area contributed by atoms with Crippen molar-refractivity contribution < 1.29 is 0 Å². The highest BCUT2D eigenvalue weighted by Gasteiger charge is 2.19. The van der Waals surface area contributed by atoms with Gasteiger partial charge < -0.3 is 15.1 Å². The van der Waals surface area contributed by atoms with Crippen molar-refractivity contribution >= 4 is 22.3 Å². The number of anilines is 1. The number of nitrogens with zero attached hydrogens (tertiary/aromatic N) is 3. The van der Waals surface area contributed by atoms with E-state index < -0.39 is 0 Å². The second-order valence-corrected chi connectivity index (χ2v) is 4.93. The molecule has 0 spiro atoms. The number of aliphatic imine (C=N–C) groups is 1. The zero-order chi connectivity index (χ0) is 12.1. The number of rotatable bonds is 2. The van der Waals surface area contributed by atoms with Crippen molar-refractivity contribution in [3.8, 4) is 0 Å². The van der Waals surface area contributed by atoms with Gasteiger partial charge in [-0.15, -0.1) is 11.3 Å². The molecule has 1 aromatic rings. The van der Waals surface area contributed by atoms with E-state index in [-0.39, 0.29) is 0 Å². The molecule has 1 aliphatic rings. The molecule has 17 heavy (non-hydrogen) atoms. The van der Waals surface area contributed by atoms with Crippen molar-refractivity contribution in [2.75, 3.05) is 44.7 Å². The summed E-state index contributed by atoms with van der Waals surface area (Å²) in [5, 5.41) is 6.83. The Morgan fingerprint density at radius 3 is 2.71 bits per heavy atom. The molecule has 1 saturated heterocycles. The van der Waals surface area contributed by atoms with E-state index in [1.54, 1.807) is 0 Å². The van der Waals surface area contributed by atoms with Gasteiger partial charge in [0.05, 0.1) is 5.00 Å². The van der Waals surface area contributed by atoms with Crippen molar-refractivity contribution in [2.45, 2.75) is 6.92 Å². The summed E-state index contributed by atoms with van der Waals surface area (Å²) in [7, 11) is 1.85. The number of hydrogen-bond acceptors (Lipinski definition) is 3. The van der Waals surface area contributed by atoms with Crippen LogP contribution in [0.4, 0.5) is 5.00 Å². The minimum atomic E-state index is 0.928. The SMILES string of the molecule is CCNC(=NC)N1CCN(c2cccs2)CC1. The Morgan fingerprint density at radius 2 is 2.18 bits per heavy atom. The third-order valence-electron chi connectivity index (χ3n) is 2.94. The first-order chi connectivity index (χ1) is 8.35. The van der Waals surface area contributed by atoms with Crippen LogP contribution in [0.5, 0.6) is 0 Å². The summed E-state index contributed by atoms with van der Waals surface area (Å²) in [6.07, 6.45) is 0. The number of guanidine groups is 1. The molecule has 0 aliphatic carbocycles. The number of hydrogen-bond donors (Lipinski definition) is 1. The molecule has 1 fully saturated rings. The molecule has 1 N–H and O–H groups in total. The van der Waals surface area contributed by atoms with Crippen molar-refractivity contribution in [3.05, 3.63) is 17.5 Å². The summed E-state index contributed by atoms with van der Waals surface area (Å²) in [5.41, 5.74) is 0. The molecule has 2 rings (SSSR count). The Labute approximate surface area is 107 Å². The normalized spacial score (nSPS) is 17.4. The summed E-state index contributed by atoms with van der Waals surface area (Å²) in [6.45, 7) is 7.26. The molecule has 2 heterocycles. The van der Waals surface area contributed by atoms with Crippen LogP contribution in [0, 0.1) is 0 Å². The van der Waals surface area contributed by atoms with Crippen LogP contribution < -0.4 is 10.2 Å². The van der Waals surface area contributed by atoms with Gasteiger partial charge in [-0.05, 0) is 24.4 Å². The average Bonchev–Trinajstić information content (AvgIpc) is 2.90. The zero-order valence-corrected chi connectivity index (χ0v) is 11.3. The Bertz CT molecular complexity index is 353. The second-order valence-electron chi connectivity index (χ2n) is 4.00. The highest BCUT2D eigenvalue weighted by atomic mass is 32.1. The predicted octanol–water partition coefficient (Wildman–Crippen LogP) is 1.47. The quantitative estimate of drug-likeness (QED) is 0.639. The largest absolute Gasteiger partial charge is 0.360 e. The highest BCUT2D eigenvalue weighted by molar-refractivity contribution is 7.14. The summed E-state index contributed by atoms with van der Waals surface area (Å²) in [5.74, 6) is 1.03. The molecule has 0 amide bonds. The molecule has 94 valence electrons. The van der Waals surface area contributed by atoms with Crippen LogP contribution in [-0.4, -0.2) is 50.6 Å². The zero-order valence-electron chi connectivity index (χ0n) is 10.5. The first-order valence-corrected chi connectivity index (χ1v) is 6.97. The maximum atomic E-state index is 4.30. The van der Waals surface area contributed by atoms with Crippen LogP contribution in [0.2, 0.25) is 0 Å². The van der Waals surface area contributed by atoms with Crippen LogP contribution in [0.3, 0.4) is 0 Å². The minimum Gasteiger partial charge on any atom is -0.360 e. The predicted molar refractivity (Wildman–Crippen MR) is 75.1 cm³/mol. The Balaban J connectivity index is 1.89. The van der Waals surface area contributed by atoms with Gasteiger partial charge in [-0.25, -0.2) is 0 Å². The monoisotopic (exact) mass is 252 g/mol. The van der Waals surface area contributed by atoms with E-state index in [4.69, 9.17) is 0 Å². The molecule has 0 unspecified atom stereocenters. The fraction of sp³-hybridized carbons (Fsp3) is 0.583. The molecule has 0 atom stereocenters. The van der Waals surface area contributed by atoms with Gasteiger partial charge in [0.1, 0.15) is 0 Å². The van der Waals surface area contributed by atoms with Gasteiger partial charge in [-0.3, -0.25) is 4.99 Å². The molecule has 1 aliphatic heterocycles. The maximum absolute atomic E-state index is 4.30. The van der Waals surface area contributed by atoms with Gasteiger partial charge in [0.2, 0.25) is 0 Å². The number of piperazine rings is 1. The van der Waals surface area contributed by atoms with Gasteiger partial charge in [0, 0.05) is 39.8 Å². The lowest BCUT2D eigenvalue weighted by atomic mass is 10.3. The first-order valence-electron chi connectivity index (χ1n) is 6.09. The summed E-state index contributed by atoms with van der Waals surface area (Å²) >= 11 is 1.82. The molecule has 0 bridgehead atoms. The van der Waals surface area contributed by atoms with E-state index in [2.05, 4.69) is 44.5 Å². The molecular weight excluding hydrogens is 232 g/mol. The van der Waals surface area contributed by atoms with E-state index in [0.717, 1.165) is 38.7 Å². The Morgan fingerprint density at radius 1 is 1.41 bits per heavy atom. The molecule has 1 aromatic heterocycles. The topological polar surface area (TPSA) is 30.9 Å². The molecule has 5 heteroatoms. The van der Waals surface area contributed by atoms with Gasteiger partial charge in [0.25, 0.3) is 0 Å². The second kappa shape index (κ2) is 5.91. The lowest BCUT2D eigenvalue weighted by Crippen LogP contribution is -2.52. The molecule has 0 aromatic carbocycles. The van der Waals surface area contributed by atoms with Crippen molar-refractivity contribution in [1.82, 2.24) is 10.2 Å². The Hall–Kier alpha value is -1.23. The summed E-state index contributed by atoms with van der Waals surface area (Å²) in [6, 6.07) is 4.31. The van der Waals surface area contributed by atoms with Crippen LogP contribution in [0.1, 0.15) is 6.92 Å². The van der Waals surface area contributed by atoms with Crippen LogP contribution in [-0.2, 0) is 0 Å². The van der Waals surface area contributed by atoms with Crippen LogP contribution >= 0.6 is 11.3 Å². The third kappa shape index (κ3) is 2.91. The van der Waals surface area contributed by atoms with Gasteiger partial charge in [0.15, 0.2) is 5.96 Å². The average molecular weight is 252 g/mol. The fourth-order valence-electron chi connectivity index (χ4n) is 2.08. The van der Waals surface area contributed by atoms with Gasteiger partial charge in [-0.1, -0.05) is 0 Å². The number of nitrogens with one attached hydrogen (secondary N) is 1. The smallest absolute Gasteiger partial charge is 0.193 e. The number of thiophene rings is 1. The highest BCUT2D eigenvalue weighted by Crippen LogP contribution is 2.22. The summed E-state index contributed by atoms with van der Waals surface area (Å²) < 4.78 is 0. The standard InChI is InChI=1S/C12H20N4S/c1-3-14-12(13-2)16-8-6-15(7-9-16)11-5-4-10-17-11/h4-5,10H,3,6-9H2,1-2H3,(H,13,14).